The Morgan fingerprint density at radius 3 is 2.65 bits per heavy atom. The van der Waals surface area contributed by atoms with Crippen LogP contribution in [0, 0.1) is 13.8 Å². The van der Waals surface area contributed by atoms with Crippen LogP contribution in [0.15, 0.2) is 18.2 Å². The highest BCUT2D eigenvalue weighted by Crippen LogP contribution is 2.23. The van der Waals surface area contributed by atoms with E-state index in [1.165, 1.54) is 16.7 Å². The van der Waals surface area contributed by atoms with Gasteiger partial charge < -0.3 is 10.5 Å². The van der Waals surface area contributed by atoms with Crippen LogP contribution in [0.25, 0.3) is 0 Å². The Bertz CT molecular complexity index is 352. The van der Waals surface area contributed by atoms with E-state index in [0.29, 0.717) is 6.54 Å². The Morgan fingerprint density at radius 1 is 1.35 bits per heavy atom. The summed E-state index contributed by atoms with van der Waals surface area (Å²) in [5.41, 5.74) is 9.90. The first-order chi connectivity index (χ1) is 8.11. The summed E-state index contributed by atoms with van der Waals surface area (Å²) in [5, 5.41) is 0. The molecule has 0 aromatic heterocycles. The highest BCUT2D eigenvalue weighted by Gasteiger charge is 2.17. The molecule has 0 saturated heterocycles. The van der Waals surface area contributed by atoms with Gasteiger partial charge in [-0.15, -0.1) is 0 Å². The maximum atomic E-state index is 5.91. The van der Waals surface area contributed by atoms with Crippen molar-refractivity contribution in [1.82, 2.24) is 4.90 Å². The molecule has 1 rings (SSSR count). The molecule has 0 aliphatic carbocycles. The molecule has 0 aliphatic heterocycles. The van der Waals surface area contributed by atoms with Gasteiger partial charge in [-0.3, -0.25) is 4.90 Å². The van der Waals surface area contributed by atoms with E-state index in [2.05, 4.69) is 44.0 Å². The van der Waals surface area contributed by atoms with E-state index < -0.39 is 0 Å². The van der Waals surface area contributed by atoms with Crippen LogP contribution in [0.3, 0.4) is 0 Å². The first kappa shape index (κ1) is 14.2. The molecule has 0 spiro atoms. The first-order valence-electron chi connectivity index (χ1n) is 6.07. The maximum absolute atomic E-state index is 5.91. The molecule has 3 heteroatoms. The summed E-state index contributed by atoms with van der Waals surface area (Å²) in [5.74, 6) is 0. The smallest absolute Gasteiger partial charge is 0.0589 e. The van der Waals surface area contributed by atoms with Gasteiger partial charge in [0.2, 0.25) is 0 Å². The van der Waals surface area contributed by atoms with Gasteiger partial charge in [0.25, 0.3) is 0 Å². The van der Waals surface area contributed by atoms with Crippen molar-refractivity contribution in [3.05, 3.63) is 34.9 Å². The topological polar surface area (TPSA) is 38.5 Å². The number of rotatable bonds is 6. The van der Waals surface area contributed by atoms with Crippen molar-refractivity contribution in [2.24, 2.45) is 5.73 Å². The molecule has 0 saturated carbocycles. The summed E-state index contributed by atoms with van der Waals surface area (Å²) in [6, 6.07) is 6.68. The molecule has 96 valence electrons. The van der Waals surface area contributed by atoms with Gasteiger partial charge in [0.15, 0.2) is 0 Å². The molecule has 0 amide bonds. The fourth-order valence-corrected chi connectivity index (χ4v) is 2.07. The van der Waals surface area contributed by atoms with Crippen molar-refractivity contribution in [1.29, 1.82) is 0 Å². The molecule has 0 bridgehead atoms. The highest BCUT2D eigenvalue weighted by atomic mass is 16.5. The summed E-state index contributed by atoms with van der Waals surface area (Å²) in [4.78, 5) is 2.26. The van der Waals surface area contributed by atoms with Crippen LogP contribution in [-0.4, -0.2) is 38.8 Å². The van der Waals surface area contributed by atoms with Gasteiger partial charge in [-0.2, -0.15) is 0 Å². The van der Waals surface area contributed by atoms with E-state index >= 15 is 0 Å². The third-order valence-corrected chi connectivity index (χ3v) is 3.41. The fraction of sp³-hybridized carbons (Fsp3) is 0.571. The fourth-order valence-electron chi connectivity index (χ4n) is 2.07. The van der Waals surface area contributed by atoms with Crippen molar-refractivity contribution >= 4 is 0 Å². The number of hydrogen-bond donors (Lipinski definition) is 1. The zero-order chi connectivity index (χ0) is 12.8. The predicted octanol–water partition coefficient (Wildman–Crippen LogP) is 1.88. The standard InChI is InChI=1S/C14H24N2O/c1-11-6-5-7-13(12(11)2)14(10-15)16(3)8-9-17-4/h5-7,14H,8-10,15H2,1-4H3. The third-order valence-electron chi connectivity index (χ3n) is 3.41. The lowest BCUT2D eigenvalue weighted by Crippen LogP contribution is -2.33. The van der Waals surface area contributed by atoms with Gasteiger partial charge in [0.1, 0.15) is 0 Å². The van der Waals surface area contributed by atoms with Gasteiger partial charge in [-0.05, 0) is 37.6 Å². The summed E-state index contributed by atoms with van der Waals surface area (Å²) in [7, 11) is 3.82. The van der Waals surface area contributed by atoms with Crippen LogP contribution in [0.4, 0.5) is 0 Å². The number of hydrogen-bond acceptors (Lipinski definition) is 3. The molecule has 1 atom stereocenters. The number of ether oxygens (including phenoxy) is 1. The largest absolute Gasteiger partial charge is 0.383 e. The number of aryl methyl sites for hydroxylation is 1. The monoisotopic (exact) mass is 236 g/mol. The molecule has 0 radical (unpaired) electrons. The van der Waals surface area contributed by atoms with Gasteiger partial charge >= 0.3 is 0 Å². The first-order valence-corrected chi connectivity index (χ1v) is 6.07. The molecule has 2 N–H and O–H groups in total. The minimum Gasteiger partial charge on any atom is -0.383 e. The molecule has 1 unspecified atom stereocenters. The lowest BCUT2D eigenvalue weighted by atomic mass is 9.96. The predicted molar refractivity (Wildman–Crippen MR) is 72.2 cm³/mol. The van der Waals surface area contributed by atoms with Crippen LogP contribution in [0.2, 0.25) is 0 Å². The van der Waals surface area contributed by atoms with Crippen molar-refractivity contribution in [3.63, 3.8) is 0 Å². The average molecular weight is 236 g/mol. The Balaban J connectivity index is 2.89. The molecular formula is C14H24N2O. The normalized spacial score (nSPS) is 13.1. The molecule has 1 aromatic rings. The van der Waals surface area contributed by atoms with Crippen molar-refractivity contribution in [2.45, 2.75) is 19.9 Å². The number of methoxy groups -OCH3 is 1. The second kappa shape index (κ2) is 6.74. The lowest BCUT2D eigenvalue weighted by molar-refractivity contribution is 0.140. The van der Waals surface area contributed by atoms with E-state index in [-0.39, 0.29) is 6.04 Å². The summed E-state index contributed by atoms with van der Waals surface area (Å²) in [6.07, 6.45) is 0. The van der Waals surface area contributed by atoms with Gasteiger partial charge in [-0.1, -0.05) is 18.2 Å². The summed E-state index contributed by atoms with van der Waals surface area (Å²) >= 11 is 0. The quantitative estimate of drug-likeness (QED) is 0.819. The highest BCUT2D eigenvalue weighted by molar-refractivity contribution is 5.35. The Morgan fingerprint density at radius 2 is 2.06 bits per heavy atom. The van der Waals surface area contributed by atoms with Crippen LogP contribution in [0.5, 0.6) is 0 Å². The van der Waals surface area contributed by atoms with Gasteiger partial charge in [0, 0.05) is 26.2 Å². The van der Waals surface area contributed by atoms with Gasteiger partial charge in [-0.25, -0.2) is 0 Å². The van der Waals surface area contributed by atoms with Crippen molar-refractivity contribution in [2.75, 3.05) is 33.9 Å². The average Bonchev–Trinajstić information content (AvgIpc) is 2.32. The second-order valence-corrected chi connectivity index (χ2v) is 4.51. The van der Waals surface area contributed by atoms with E-state index in [1.807, 2.05) is 0 Å². The summed E-state index contributed by atoms with van der Waals surface area (Å²) < 4.78 is 5.11. The molecule has 0 aliphatic rings. The number of nitrogens with two attached hydrogens (primary N) is 1. The Labute approximate surface area is 105 Å². The van der Waals surface area contributed by atoms with E-state index in [1.54, 1.807) is 7.11 Å². The van der Waals surface area contributed by atoms with Crippen molar-refractivity contribution in [3.8, 4) is 0 Å². The minimum absolute atomic E-state index is 0.269. The molecule has 0 heterocycles. The van der Waals surface area contributed by atoms with E-state index in [0.717, 1.165) is 13.2 Å². The lowest BCUT2D eigenvalue weighted by Gasteiger charge is -2.28. The third kappa shape index (κ3) is 3.53. The summed E-state index contributed by atoms with van der Waals surface area (Å²) in [6.45, 7) is 6.56. The van der Waals surface area contributed by atoms with Gasteiger partial charge in [0.05, 0.1) is 6.61 Å². The number of nitrogens with zero attached hydrogens (tertiary/aromatic N) is 1. The van der Waals surface area contributed by atoms with E-state index in [4.69, 9.17) is 10.5 Å². The molecular weight excluding hydrogens is 212 g/mol. The number of benzene rings is 1. The van der Waals surface area contributed by atoms with Crippen LogP contribution < -0.4 is 5.73 Å². The minimum atomic E-state index is 0.269. The SMILES string of the molecule is COCCN(C)C(CN)c1cccc(C)c1C. The Hall–Kier alpha value is -0.900. The molecule has 0 fully saturated rings. The zero-order valence-corrected chi connectivity index (χ0v) is 11.4. The van der Waals surface area contributed by atoms with Crippen molar-refractivity contribution < 1.29 is 4.74 Å². The molecule has 3 nitrogen and oxygen atoms in total. The second-order valence-electron chi connectivity index (χ2n) is 4.51. The Kier molecular flexibility index (Phi) is 5.62. The zero-order valence-electron chi connectivity index (χ0n) is 11.4. The molecule has 17 heavy (non-hydrogen) atoms. The van der Waals surface area contributed by atoms with Crippen LogP contribution in [-0.2, 0) is 4.74 Å². The van der Waals surface area contributed by atoms with Crippen LogP contribution in [0.1, 0.15) is 22.7 Å². The number of likely N-dealkylation sites (N-methyl/N-ethyl adjacent to an activating group) is 1. The maximum Gasteiger partial charge on any atom is 0.0589 e. The van der Waals surface area contributed by atoms with Crippen LogP contribution >= 0.6 is 0 Å². The van der Waals surface area contributed by atoms with E-state index in [9.17, 15) is 0 Å². The molecule has 1 aromatic carbocycles.